The molecule has 3 atom stereocenters. The summed E-state index contributed by atoms with van der Waals surface area (Å²) in [6.45, 7) is 11.1. The fourth-order valence-corrected chi connectivity index (χ4v) is 4.51. The average Bonchev–Trinajstić information content (AvgIpc) is 2.74. The second kappa shape index (κ2) is 5.33. The highest BCUT2D eigenvalue weighted by Gasteiger charge is 2.67. The van der Waals surface area contributed by atoms with E-state index in [1.165, 1.54) is 16.7 Å². The number of hydrogen-bond donors (Lipinski definition) is 0. The zero-order chi connectivity index (χ0) is 15.9. The first-order chi connectivity index (χ1) is 10.5. The summed E-state index contributed by atoms with van der Waals surface area (Å²) in [6.07, 6.45) is 0. The van der Waals surface area contributed by atoms with Gasteiger partial charge < -0.3 is 9.64 Å². The van der Waals surface area contributed by atoms with Gasteiger partial charge in [0.05, 0.1) is 0 Å². The van der Waals surface area contributed by atoms with E-state index in [-0.39, 0.29) is 17.9 Å². The predicted octanol–water partition coefficient (Wildman–Crippen LogP) is 2.08. The highest BCUT2D eigenvalue weighted by Crippen LogP contribution is 2.51. The van der Waals surface area contributed by atoms with E-state index in [2.05, 4.69) is 4.85 Å². The van der Waals surface area contributed by atoms with Gasteiger partial charge >= 0.3 is 17.9 Å². The maximum Gasteiger partial charge on any atom is 0.330 e. The average molecular weight is 316 g/mol. The third-order valence-electron chi connectivity index (χ3n) is 4.00. The second-order valence-corrected chi connectivity index (χ2v) is 7.70. The number of β-lactam (4-membered cyclic amide) rings is 1. The van der Waals surface area contributed by atoms with Crippen LogP contribution >= 0.6 is 11.8 Å². The molecule has 6 heteroatoms. The van der Waals surface area contributed by atoms with E-state index in [9.17, 15) is 9.59 Å². The first-order valence-electron chi connectivity index (χ1n) is 7.03. The number of carbonyl (C=O) groups is 2. The topological polar surface area (TPSA) is 51.0 Å². The van der Waals surface area contributed by atoms with Gasteiger partial charge in [0, 0.05) is 4.75 Å². The number of amides is 1. The predicted molar refractivity (Wildman–Crippen MR) is 82.7 cm³/mol. The molecule has 0 bridgehead atoms. The molecule has 1 aromatic rings. The zero-order valence-corrected chi connectivity index (χ0v) is 13.2. The molecular weight excluding hydrogens is 300 g/mol. The van der Waals surface area contributed by atoms with Crippen LogP contribution in [0.3, 0.4) is 0 Å². The minimum Gasteiger partial charge on any atom is -0.459 e. The highest BCUT2D eigenvalue weighted by atomic mass is 32.2. The largest absolute Gasteiger partial charge is 0.459 e. The summed E-state index contributed by atoms with van der Waals surface area (Å²) in [7, 11) is 0. The van der Waals surface area contributed by atoms with Gasteiger partial charge in [0.2, 0.25) is 0 Å². The Balaban J connectivity index is 1.72. The van der Waals surface area contributed by atoms with E-state index in [1.54, 1.807) is 0 Å². The summed E-state index contributed by atoms with van der Waals surface area (Å²) in [5.74, 6) is -0.666. The lowest BCUT2D eigenvalue weighted by Crippen LogP contribution is -2.64. The summed E-state index contributed by atoms with van der Waals surface area (Å²) in [5.41, 5.74) is 0.907. The van der Waals surface area contributed by atoms with E-state index < -0.39 is 22.8 Å². The van der Waals surface area contributed by atoms with Crippen LogP contribution in [-0.2, 0) is 20.9 Å². The van der Waals surface area contributed by atoms with Crippen molar-refractivity contribution < 1.29 is 14.3 Å². The van der Waals surface area contributed by atoms with Crippen molar-refractivity contribution in [3.05, 3.63) is 47.3 Å². The van der Waals surface area contributed by atoms with Crippen LogP contribution in [0, 0.1) is 6.57 Å². The second-order valence-electron chi connectivity index (χ2n) is 5.93. The van der Waals surface area contributed by atoms with Gasteiger partial charge in [-0.25, -0.2) is 11.4 Å². The van der Waals surface area contributed by atoms with Crippen molar-refractivity contribution >= 4 is 23.6 Å². The van der Waals surface area contributed by atoms with E-state index in [0.29, 0.717) is 0 Å². The summed E-state index contributed by atoms with van der Waals surface area (Å²) in [4.78, 5) is 29.4. The van der Waals surface area contributed by atoms with Crippen LogP contribution in [-0.4, -0.2) is 39.0 Å². The van der Waals surface area contributed by atoms with Gasteiger partial charge in [-0.15, -0.1) is 11.8 Å². The fraction of sp³-hybridized carbons (Fsp3) is 0.438. The van der Waals surface area contributed by atoms with Gasteiger partial charge in [0.25, 0.3) is 0 Å². The molecule has 5 nitrogen and oxygen atoms in total. The highest BCUT2D eigenvalue weighted by molar-refractivity contribution is 8.01. The van der Waals surface area contributed by atoms with Gasteiger partial charge in [0.15, 0.2) is 5.37 Å². The van der Waals surface area contributed by atoms with Crippen LogP contribution in [0.5, 0.6) is 0 Å². The fourth-order valence-electron chi connectivity index (χ4n) is 2.90. The van der Waals surface area contributed by atoms with Gasteiger partial charge in [-0.05, 0) is 19.4 Å². The van der Waals surface area contributed by atoms with Crippen molar-refractivity contribution in [3.63, 3.8) is 0 Å². The molecule has 0 aliphatic carbocycles. The molecule has 0 aromatic heterocycles. The Morgan fingerprint density at radius 2 is 2.09 bits per heavy atom. The Bertz CT molecular complexity index is 653. The van der Waals surface area contributed by atoms with Gasteiger partial charge in [-0.3, -0.25) is 9.64 Å². The number of carbonyl (C=O) groups excluding carboxylic acids is 2. The molecule has 1 amide bonds. The molecule has 2 fully saturated rings. The maximum atomic E-state index is 12.5. The summed E-state index contributed by atoms with van der Waals surface area (Å²) >= 11 is 1.50. The summed E-state index contributed by atoms with van der Waals surface area (Å²) in [6, 6.07) is 8.15. The number of thioether (sulfide) groups is 1. The van der Waals surface area contributed by atoms with Crippen molar-refractivity contribution in [1.82, 2.24) is 4.90 Å². The first-order valence-corrected chi connectivity index (χ1v) is 7.91. The molecule has 0 radical (unpaired) electrons. The lowest BCUT2D eigenvalue weighted by molar-refractivity contribution is -0.162. The number of hydrogen-bond acceptors (Lipinski definition) is 4. The van der Waals surface area contributed by atoms with Crippen molar-refractivity contribution in [2.75, 3.05) is 0 Å². The normalized spacial score (nSPS) is 28.5. The molecule has 0 saturated carbocycles. The molecule has 0 unspecified atom stereocenters. The van der Waals surface area contributed by atoms with Crippen molar-refractivity contribution in [2.45, 2.75) is 42.7 Å². The molecule has 3 rings (SSSR count). The van der Waals surface area contributed by atoms with E-state index in [1.807, 2.05) is 44.2 Å². The molecule has 2 aliphatic heterocycles. The monoisotopic (exact) mass is 316 g/mol. The molecule has 2 heterocycles. The molecular formula is C16H16N2O3S. The molecule has 1 aromatic carbocycles. The van der Waals surface area contributed by atoms with E-state index >= 15 is 0 Å². The molecule has 0 N–H and O–H groups in total. The van der Waals surface area contributed by atoms with Gasteiger partial charge in [0.1, 0.15) is 12.6 Å². The Morgan fingerprint density at radius 3 is 2.73 bits per heavy atom. The third kappa shape index (κ3) is 2.26. The van der Waals surface area contributed by atoms with Crippen LogP contribution < -0.4 is 0 Å². The van der Waals surface area contributed by atoms with E-state index in [4.69, 9.17) is 11.3 Å². The Labute approximate surface area is 133 Å². The standard InChI is InChI=1S/C16H16N2O3S/c1-16(2)12(18-13(19)11(17-3)14(18)22-16)15(20)21-9-10-7-5-4-6-8-10/h4-8,11-12,14H,9H2,1-2H3/t11-,12+,14-/m1/s1. The van der Waals surface area contributed by atoms with Crippen LogP contribution in [0.4, 0.5) is 0 Å². The molecule has 22 heavy (non-hydrogen) atoms. The van der Waals surface area contributed by atoms with Gasteiger partial charge in [-0.1, -0.05) is 30.3 Å². The van der Waals surface area contributed by atoms with Crippen molar-refractivity contribution in [1.29, 1.82) is 0 Å². The minimum absolute atomic E-state index is 0.190. The molecule has 0 spiro atoms. The first kappa shape index (κ1) is 14.9. The Hall–Kier alpha value is -2.00. The number of nitrogens with zero attached hydrogens (tertiary/aromatic N) is 2. The lowest BCUT2D eigenvalue weighted by atomic mass is 9.96. The third-order valence-corrected chi connectivity index (χ3v) is 5.56. The lowest BCUT2D eigenvalue weighted by Gasteiger charge is -2.37. The van der Waals surface area contributed by atoms with Crippen LogP contribution in [0.1, 0.15) is 19.4 Å². The van der Waals surface area contributed by atoms with Crippen LogP contribution in [0.25, 0.3) is 4.85 Å². The SMILES string of the molecule is [C-]#[N+][C@@H]1C(=O)N2[C@@H]1SC(C)(C)[C@@H]2C(=O)OCc1ccccc1. The summed E-state index contributed by atoms with van der Waals surface area (Å²) in [5, 5.41) is -0.228. The van der Waals surface area contributed by atoms with Crippen LogP contribution in [0.2, 0.25) is 0 Å². The quantitative estimate of drug-likeness (QED) is 0.487. The number of rotatable bonds is 3. The number of fused-ring (bicyclic) bond motifs is 1. The summed E-state index contributed by atoms with van der Waals surface area (Å²) < 4.78 is 4.94. The van der Waals surface area contributed by atoms with Crippen molar-refractivity contribution in [3.8, 4) is 0 Å². The zero-order valence-electron chi connectivity index (χ0n) is 12.4. The van der Waals surface area contributed by atoms with Crippen LogP contribution in [0.15, 0.2) is 30.3 Å². The molecule has 2 saturated heterocycles. The molecule has 114 valence electrons. The van der Waals surface area contributed by atoms with Gasteiger partial charge in [-0.2, -0.15) is 0 Å². The minimum atomic E-state index is -0.656. The van der Waals surface area contributed by atoms with E-state index in [0.717, 1.165) is 5.56 Å². The van der Waals surface area contributed by atoms with Crippen molar-refractivity contribution in [2.24, 2.45) is 0 Å². The Morgan fingerprint density at radius 1 is 1.41 bits per heavy atom. The number of esters is 1. The Kier molecular flexibility index (Phi) is 3.61. The number of benzene rings is 1. The molecule has 2 aliphatic rings. The number of ether oxygens (including phenoxy) is 1. The smallest absolute Gasteiger partial charge is 0.330 e. The maximum absolute atomic E-state index is 12.5.